The van der Waals surface area contributed by atoms with Crippen LogP contribution in [0.5, 0.6) is 0 Å². The second-order valence-electron chi connectivity index (χ2n) is 5.85. The Bertz CT molecular complexity index is 830. The topological polar surface area (TPSA) is 41.0 Å². The third kappa shape index (κ3) is 2.73. The van der Waals surface area contributed by atoms with Crippen molar-refractivity contribution in [3.05, 3.63) is 47.2 Å². The van der Waals surface area contributed by atoms with Crippen LogP contribution in [0.4, 0.5) is 4.39 Å². The summed E-state index contributed by atoms with van der Waals surface area (Å²) in [5.41, 5.74) is 3.79. The normalized spacial score (nSPS) is 19.3. The highest BCUT2D eigenvalue weighted by Gasteiger charge is 2.25. The second-order valence-corrected chi connectivity index (χ2v) is 6.65. The van der Waals surface area contributed by atoms with Gasteiger partial charge in [-0.05, 0) is 42.3 Å². The fourth-order valence-corrected chi connectivity index (χ4v) is 3.94. The Hall–Kier alpha value is -1.89. The van der Waals surface area contributed by atoms with Gasteiger partial charge in [-0.25, -0.2) is 4.39 Å². The van der Waals surface area contributed by atoms with E-state index in [1.165, 1.54) is 28.5 Å². The number of fused-ring (bicyclic) bond motifs is 1. The van der Waals surface area contributed by atoms with Gasteiger partial charge in [0.1, 0.15) is 16.9 Å². The largest absolute Gasteiger partial charge is 0.314 e. The molecule has 1 fully saturated rings. The number of aromatic nitrogens is 2. The van der Waals surface area contributed by atoms with Crippen LogP contribution in [0.25, 0.3) is 22.2 Å². The first-order valence-corrected chi connectivity index (χ1v) is 8.42. The van der Waals surface area contributed by atoms with Crippen molar-refractivity contribution in [1.29, 1.82) is 0 Å². The molecule has 23 heavy (non-hydrogen) atoms. The number of pyridine rings is 1. The molecule has 2 aromatic heterocycles. The molecule has 0 radical (unpaired) electrons. The van der Waals surface area contributed by atoms with E-state index in [4.69, 9.17) is 0 Å². The zero-order valence-corrected chi connectivity index (χ0v) is 13.6. The van der Waals surface area contributed by atoms with Crippen LogP contribution in [0.2, 0.25) is 0 Å². The summed E-state index contributed by atoms with van der Waals surface area (Å²) in [6, 6.07) is 8.83. The predicted octanol–water partition coefficient (Wildman–Crippen LogP) is 3.07. The number of benzene rings is 1. The van der Waals surface area contributed by atoms with Crippen molar-refractivity contribution in [2.75, 3.05) is 26.7 Å². The monoisotopic (exact) mass is 328 g/mol. The fourth-order valence-electron chi connectivity index (χ4n) is 2.97. The number of nitrogens with zero attached hydrogens (tertiary/aromatic N) is 3. The molecule has 118 valence electrons. The summed E-state index contributed by atoms with van der Waals surface area (Å²) in [5.74, 6) is -0.230. The third-order valence-corrected chi connectivity index (χ3v) is 5.28. The number of halogens is 1. The van der Waals surface area contributed by atoms with Gasteiger partial charge in [-0.15, -0.1) is 0 Å². The third-order valence-electron chi connectivity index (χ3n) is 4.33. The van der Waals surface area contributed by atoms with Crippen LogP contribution >= 0.6 is 11.5 Å². The van der Waals surface area contributed by atoms with Crippen LogP contribution in [0.3, 0.4) is 0 Å². The molecule has 3 aromatic rings. The van der Waals surface area contributed by atoms with E-state index in [0.29, 0.717) is 6.04 Å². The maximum Gasteiger partial charge on any atom is 0.123 e. The molecule has 0 bridgehead atoms. The first-order valence-electron chi connectivity index (χ1n) is 7.64. The van der Waals surface area contributed by atoms with Crippen molar-refractivity contribution < 1.29 is 4.39 Å². The number of rotatable bonds is 2. The van der Waals surface area contributed by atoms with Crippen molar-refractivity contribution >= 4 is 22.6 Å². The molecule has 0 spiro atoms. The molecule has 1 aliphatic rings. The Morgan fingerprint density at radius 3 is 2.87 bits per heavy atom. The summed E-state index contributed by atoms with van der Waals surface area (Å²) < 4.78 is 17.6. The van der Waals surface area contributed by atoms with Gasteiger partial charge in [-0.3, -0.25) is 9.88 Å². The molecule has 0 saturated carbocycles. The molecule has 1 unspecified atom stereocenters. The summed E-state index contributed by atoms with van der Waals surface area (Å²) in [5, 5.41) is 3.43. The van der Waals surface area contributed by atoms with Gasteiger partial charge < -0.3 is 5.32 Å². The molecule has 4 rings (SSSR count). The lowest BCUT2D eigenvalue weighted by Crippen LogP contribution is -2.43. The average molecular weight is 328 g/mol. The van der Waals surface area contributed by atoms with E-state index in [2.05, 4.69) is 26.6 Å². The number of likely N-dealkylation sites (N-methyl/N-ethyl adjacent to an activating group) is 1. The Morgan fingerprint density at radius 1 is 1.26 bits per heavy atom. The van der Waals surface area contributed by atoms with Gasteiger partial charge in [-0.2, -0.15) is 4.37 Å². The van der Waals surface area contributed by atoms with Gasteiger partial charge in [0, 0.05) is 31.4 Å². The van der Waals surface area contributed by atoms with E-state index in [9.17, 15) is 4.39 Å². The lowest BCUT2D eigenvalue weighted by molar-refractivity contribution is 0.206. The van der Waals surface area contributed by atoms with Crippen LogP contribution in [-0.4, -0.2) is 40.9 Å². The molecule has 6 heteroatoms. The van der Waals surface area contributed by atoms with Gasteiger partial charge in [0.25, 0.3) is 0 Å². The molecule has 1 aliphatic heterocycles. The minimum Gasteiger partial charge on any atom is -0.314 e. The average Bonchev–Trinajstić information content (AvgIpc) is 2.99. The Kier molecular flexibility index (Phi) is 3.80. The SMILES string of the molecule is CN1CCNCC1c1snc2cc(-c3ccc(F)cc3)cnc12. The van der Waals surface area contributed by atoms with Crippen molar-refractivity contribution in [3.63, 3.8) is 0 Å². The summed E-state index contributed by atoms with van der Waals surface area (Å²) in [6.45, 7) is 2.97. The van der Waals surface area contributed by atoms with Crippen LogP contribution in [0, 0.1) is 5.82 Å². The number of nitrogens with one attached hydrogen (secondary N) is 1. The Labute approximate surface area is 138 Å². The first-order chi connectivity index (χ1) is 11.2. The first kappa shape index (κ1) is 14.7. The maximum atomic E-state index is 13.1. The van der Waals surface area contributed by atoms with Gasteiger partial charge in [0.15, 0.2) is 0 Å². The molecule has 1 saturated heterocycles. The van der Waals surface area contributed by atoms with Crippen LogP contribution in [-0.2, 0) is 0 Å². The van der Waals surface area contributed by atoms with E-state index in [0.717, 1.165) is 41.8 Å². The van der Waals surface area contributed by atoms with Crippen molar-refractivity contribution in [3.8, 4) is 11.1 Å². The second kappa shape index (κ2) is 5.96. The Balaban J connectivity index is 1.72. The summed E-state index contributed by atoms with van der Waals surface area (Å²) in [4.78, 5) is 8.20. The maximum absolute atomic E-state index is 13.1. The Morgan fingerprint density at radius 2 is 2.09 bits per heavy atom. The van der Waals surface area contributed by atoms with Crippen molar-refractivity contribution in [2.24, 2.45) is 0 Å². The minimum absolute atomic E-state index is 0.230. The number of piperazine rings is 1. The molecular formula is C17H17FN4S. The minimum atomic E-state index is -0.230. The molecule has 1 aromatic carbocycles. The highest BCUT2D eigenvalue weighted by Crippen LogP contribution is 2.32. The van der Waals surface area contributed by atoms with E-state index in [1.807, 2.05) is 12.3 Å². The summed E-state index contributed by atoms with van der Waals surface area (Å²) in [6.07, 6.45) is 1.85. The smallest absolute Gasteiger partial charge is 0.123 e. The van der Waals surface area contributed by atoms with Crippen molar-refractivity contribution in [2.45, 2.75) is 6.04 Å². The van der Waals surface area contributed by atoms with Crippen LogP contribution < -0.4 is 5.32 Å². The van der Waals surface area contributed by atoms with E-state index in [-0.39, 0.29) is 5.82 Å². The van der Waals surface area contributed by atoms with Gasteiger partial charge >= 0.3 is 0 Å². The zero-order valence-electron chi connectivity index (χ0n) is 12.8. The molecular weight excluding hydrogens is 311 g/mol. The van der Waals surface area contributed by atoms with Gasteiger partial charge in [0.2, 0.25) is 0 Å². The van der Waals surface area contributed by atoms with Gasteiger partial charge in [-0.1, -0.05) is 12.1 Å². The van der Waals surface area contributed by atoms with E-state index in [1.54, 1.807) is 12.1 Å². The van der Waals surface area contributed by atoms with Crippen molar-refractivity contribution in [1.82, 2.24) is 19.6 Å². The lowest BCUT2D eigenvalue weighted by atomic mass is 10.1. The predicted molar refractivity (Wildman–Crippen MR) is 91.0 cm³/mol. The molecule has 0 aliphatic carbocycles. The number of hydrogen-bond donors (Lipinski definition) is 1. The lowest BCUT2D eigenvalue weighted by Gasteiger charge is -2.32. The van der Waals surface area contributed by atoms with Crippen LogP contribution in [0.1, 0.15) is 10.9 Å². The molecule has 3 heterocycles. The molecule has 1 atom stereocenters. The molecule has 0 amide bonds. The zero-order chi connectivity index (χ0) is 15.8. The molecule has 4 nitrogen and oxygen atoms in total. The van der Waals surface area contributed by atoms with E-state index >= 15 is 0 Å². The van der Waals surface area contributed by atoms with Gasteiger partial charge in [0.05, 0.1) is 10.9 Å². The standard InChI is InChI=1S/C17H17FN4S/c1-22-7-6-19-10-15(22)17-16-14(21-23-17)8-12(9-20-16)11-2-4-13(18)5-3-11/h2-5,8-9,15,19H,6-7,10H2,1H3. The number of hydrogen-bond acceptors (Lipinski definition) is 5. The fraction of sp³-hybridized carbons (Fsp3) is 0.294. The summed E-state index contributed by atoms with van der Waals surface area (Å²) >= 11 is 1.53. The van der Waals surface area contributed by atoms with E-state index < -0.39 is 0 Å². The summed E-state index contributed by atoms with van der Waals surface area (Å²) in [7, 11) is 2.14. The quantitative estimate of drug-likeness (QED) is 0.785. The van der Waals surface area contributed by atoms with Crippen LogP contribution in [0.15, 0.2) is 36.5 Å². The highest BCUT2D eigenvalue weighted by molar-refractivity contribution is 7.07. The highest BCUT2D eigenvalue weighted by atomic mass is 32.1. The molecule has 1 N–H and O–H groups in total.